The van der Waals surface area contributed by atoms with Crippen molar-refractivity contribution in [1.82, 2.24) is 4.98 Å². The molecule has 2 aromatic rings. The quantitative estimate of drug-likeness (QED) is 0.686. The molecule has 0 bridgehead atoms. The molecule has 0 atom stereocenters. The van der Waals surface area contributed by atoms with E-state index in [1.807, 2.05) is 0 Å². The van der Waals surface area contributed by atoms with Crippen LogP contribution in [0.2, 0.25) is 0 Å². The Labute approximate surface area is 110 Å². The van der Waals surface area contributed by atoms with E-state index in [4.69, 9.17) is 0 Å². The Morgan fingerprint density at radius 3 is 2.67 bits per heavy atom. The number of rotatable bonds is 3. The molecule has 0 aliphatic rings. The van der Waals surface area contributed by atoms with Crippen LogP contribution in [0.5, 0.6) is 0 Å². The van der Waals surface area contributed by atoms with E-state index in [-0.39, 0.29) is 12.2 Å². The van der Waals surface area contributed by atoms with Gasteiger partial charge in [0.1, 0.15) is 10.4 Å². The number of benzene rings is 1. The van der Waals surface area contributed by atoms with Gasteiger partial charge in [-0.05, 0) is 28.1 Å². The second-order valence-electron chi connectivity index (χ2n) is 3.55. The van der Waals surface area contributed by atoms with E-state index in [2.05, 4.69) is 26.2 Å². The summed E-state index contributed by atoms with van der Waals surface area (Å²) >= 11 is 3.19. The van der Waals surface area contributed by atoms with Gasteiger partial charge in [0.15, 0.2) is 11.6 Å². The Hall–Kier alpha value is -1.56. The normalized spacial score (nSPS) is 10.4. The van der Waals surface area contributed by atoms with Crippen LogP contribution in [0.25, 0.3) is 0 Å². The lowest BCUT2D eigenvalue weighted by atomic mass is 10.2. The molecule has 18 heavy (non-hydrogen) atoms. The summed E-state index contributed by atoms with van der Waals surface area (Å²) in [5, 5.41) is 2.60. The molecule has 0 aliphatic heterocycles. The highest BCUT2D eigenvalue weighted by molar-refractivity contribution is 9.10. The standard InChI is InChI=1S/C12H8BrF3N2/c13-11-3-1-2-8(18-11)6-17-10-5-7(14)4-9(15)12(10)16/h1-5,17H,6H2. The fraction of sp³-hybridized carbons (Fsp3) is 0.0833. The van der Waals surface area contributed by atoms with Gasteiger partial charge in [-0.2, -0.15) is 0 Å². The van der Waals surface area contributed by atoms with Crippen molar-refractivity contribution in [3.05, 3.63) is 58.1 Å². The highest BCUT2D eigenvalue weighted by atomic mass is 79.9. The predicted octanol–water partition coefficient (Wildman–Crippen LogP) is 3.87. The molecule has 0 saturated heterocycles. The minimum atomic E-state index is -1.22. The molecular weight excluding hydrogens is 309 g/mol. The van der Waals surface area contributed by atoms with Crippen LogP contribution in [0, 0.1) is 17.5 Å². The van der Waals surface area contributed by atoms with Gasteiger partial charge in [0.05, 0.1) is 17.9 Å². The van der Waals surface area contributed by atoms with Crippen molar-refractivity contribution in [3.8, 4) is 0 Å². The third kappa shape index (κ3) is 3.01. The van der Waals surface area contributed by atoms with Crippen molar-refractivity contribution in [2.24, 2.45) is 0 Å². The fourth-order valence-electron chi connectivity index (χ4n) is 1.42. The highest BCUT2D eigenvalue weighted by Gasteiger charge is 2.10. The summed E-state index contributed by atoms with van der Waals surface area (Å²) in [6, 6.07) is 6.61. The van der Waals surface area contributed by atoms with Gasteiger partial charge in [0.25, 0.3) is 0 Å². The molecule has 0 unspecified atom stereocenters. The Kier molecular flexibility index (Phi) is 3.86. The second-order valence-corrected chi connectivity index (χ2v) is 4.37. The molecular formula is C12H8BrF3N2. The van der Waals surface area contributed by atoms with Gasteiger partial charge in [-0.15, -0.1) is 0 Å². The third-order valence-electron chi connectivity index (χ3n) is 2.23. The van der Waals surface area contributed by atoms with Crippen LogP contribution in [0.4, 0.5) is 18.9 Å². The van der Waals surface area contributed by atoms with E-state index in [9.17, 15) is 13.2 Å². The maximum absolute atomic E-state index is 13.3. The minimum absolute atomic E-state index is 0.166. The molecule has 2 nitrogen and oxygen atoms in total. The zero-order valence-corrected chi connectivity index (χ0v) is 10.6. The van der Waals surface area contributed by atoms with Crippen molar-refractivity contribution < 1.29 is 13.2 Å². The summed E-state index contributed by atoms with van der Waals surface area (Å²) in [6.07, 6.45) is 0. The van der Waals surface area contributed by atoms with Crippen LogP contribution in [-0.4, -0.2) is 4.98 Å². The summed E-state index contributed by atoms with van der Waals surface area (Å²) in [5.41, 5.74) is 0.391. The average Bonchev–Trinajstić information content (AvgIpc) is 2.32. The molecule has 2 rings (SSSR count). The number of hydrogen-bond donors (Lipinski definition) is 1. The van der Waals surface area contributed by atoms with E-state index in [0.717, 1.165) is 6.07 Å². The highest BCUT2D eigenvalue weighted by Crippen LogP contribution is 2.19. The number of nitrogens with zero attached hydrogens (tertiary/aromatic N) is 1. The molecule has 1 N–H and O–H groups in total. The van der Waals surface area contributed by atoms with Gasteiger partial charge in [-0.3, -0.25) is 0 Å². The zero-order valence-electron chi connectivity index (χ0n) is 9.05. The Morgan fingerprint density at radius 1 is 1.17 bits per heavy atom. The van der Waals surface area contributed by atoms with E-state index >= 15 is 0 Å². The molecule has 0 amide bonds. The van der Waals surface area contributed by atoms with Gasteiger partial charge in [-0.1, -0.05) is 6.07 Å². The lowest BCUT2D eigenvalue weighted by molar-refractivity contribution is 0.497. The van der Waals surface area contributed by atoms with Crippen molar-refractivity contribution in [2.45, 2.75) is 6.54 Å². The van der Waals surface area contributed by atoms with Crippen LogP contribution >= 0.6 is 15.9 Å². The first-order valence-electron chi connectivity index (χ1n) is 5.06. The molecule has 6 heteroatoms. The molecule has 1 aromatic carbocycles. The van der Waals surface area contributed by atoms with E-state index in [1.165, 1.54) is 0 Å². The summed E-state index contributed by atoms with van der Waals surface area (Å²) in [7, 11) is 0. The van der Waals surface area contributed by atoms with Gasteiger partial charge in [-0.25, -0.2) is 18.2 Å². The summed E-state index contributed by atoms with van der Waals surface area (Å²) in [5.74, 6) is -3.16. The summed E-state index contributed by atoms with van der Waals surface area (Å²) in [4.78, 5) is 4.11. The second kappa shape index (κ2) is 5.39. The van der Waals surface area contributed by atoms with Crippen LogP contribution < -0.4 is 5.32 Å². The maximum Gasteiger partial charge on any atom is 0.182 e. The average molecular weight is 317 g/mol. The fourth-order valence-corrected chi connectivity index (χ4v) is 1.80. The van der Waals surface area contributed by atoms with E-state index in [0.29, 0.717) is 16.4 Å². The Bertz CT molecular complexity index is 575. The van der Waals surface area contributed by atoms with E-state index < -0.39 is 17.5 Å². The molecule has 0 aliphatic carbocycles. The molecule has 0 saturated carbocycles. The maximum atomic E-state index is 13.3. The molecule has 1 aromatic heterocycles. The predicted molar refractivity (Wildman–Crippen MR) is 65.6 cm³/mol. The molecule has 1 heterocycles. The van der Waals surface area contributed by atoms with Crippen LogP contribution in [0.1, 0.15) is 5.69 Å². The van der Waals surface area contributed by atoms with Gasteiger partial charge in [0, 0.05) is 12.1 Å². The molecule has 0 spiro atoms. The first-order chi connectivity index (χ1) is 8.56. The Morgan fingerprint density at radius 2 is 1.94 bits per heavy atom. The number of hydrogen-bond acceptors (Lipinski definition) is 2. The number of pyridine rings is 1. The number of anilines is 1. The third-order valence-corrected chi connectivity index (χ3v) is 2.67. The van der Waals surface area contributed by atoms with Crippen LogP contribution in [-0.2, 0) is 6.54 Å². The first-order valence-corrected chi connectivity index (χ1v) is 5.85. The summed E-state index contributed by atoms with van der Waals surface area (Å²) in [6.45, 7) is 0.166. The smallest absolute Gasteiger partial charge is 0.182 e. The van der Waals surface area contributed by atoms with Gasteiger partial charge < -0.3 is 5.32 Å². The van der Waals surface area contributed by atoms with E-state index in [1.54, 1.807) is 18.2 Å². The van der Waals surface area contributed by atoms with Gasteiger partial charge in [0.2, 0.25) is 0 Å². The molecule has 0 radical (unpaired) electrons. The summed E-state index contributed by atoms with van der Waals surface area (Å²) < 4.78 is 39.8. The molecule has 94 valence electrons. The molecule has 0 fully saturated rings. The largest absolute Gasteiger partial charge is 0.377 e. The number of nitrogens with one attached hydrogen (secondary N) is 1. The van der Waals surface area contributed by atoms with Crippen molar-refractivity contribution >= 4 is 21.6 Å². The van der Waals surface area contributed by atoms with Crippen molar-refractivity contribution in [1.29, 1.82) is 0 Å². The van der Waals surface area contributed by atoms with Gasteiger partial charge >= 0.3 is 0 Å². The van der Waals surface area contributed by atoms with Crippen LogP contribution in [0.3, 0.4) is 0 Å². The minimum Gasteiger partial charge on any atom is -0.377 e. The lowest BCUT2D eigenvalue weighted by Gasteiger charge is -2.08. The Balaban J connectivity index is 2.15. The van der Waals surface area contributed by atoms with Crippen molar-refractivity contribution in [3.63, 3.8) is 0 Å². The topological polar surface area (TPSA) is 24.9 Å². The first kappa shape index (κ1) is 12.9. The van der Waals surface area contributed by atoms with Crippen molar-refractivity contribution in [2.75, 3.05) is 5.32 Å². The van der Waals surface area contributed by atoms with Crippen LogP contribution in [0.15, 0.2) is 34.9 Å². The SMILES string of the molecule is Fc1cc(F)c(F)c(NCc2cccc(Br)n2)c1. The number of halogens is 4. The monoisotopic (exact) mass is 316 g/mol. The lowest BCUT2D eigenvalue weighted by Crippen LogP contribution is -2.05. The number of aromatic nitrogens is 1. The zero-order chi connectivity index (χ0) is 13.1.